The van der Waals surface area contributed by atoms with Gasteiger partial charge in [0.25, 0.3) is 16.4 Å². The number of rotatable bonds is 6. The van der Waals surface area contributed by atoms with Gasteiger partial charge in [0.15, 0.2) is 0 Å². The van der Waals surface area contributed by atoms with Crippen LogP contribution in [0.2, 0.25) is 0 Å². The second kappa shape index (κ2) is 23.7. The first-order chi connectivity index (χ1) is 19.5. The zero-order valence-electron chi connectivity index (χ0n) is 24.9. The Hall–Kier alpha value is -3.60. The van der Waals surface area contributed by atoms with Crippen molar-refractivity contribution in [1.82, 2.24) is 35.5 Å². The van der Waals surface area contributed by atoms with Crippen molar-refractivity contribution >= 4 is 45.8 Å². The van der Waals surface area contributed by atoms with Gasteiger partial charge < -0.3 is 4.52 Å². The summed E-state index contributed by atoms with van der Waals surface area (Å²) in [6.07, 6.45) is 2.56. The molecule has 266 valence electrons. The van der Waals surface area contributed by atoms with Crippen molar-refractivity contribution in [2.24, 2.45) is 17.8 Å². The average Bonchev–Trinajstić information content (AvgIpc) is 3.58. The maximum atomic E-state index is 11.0. The van der Waals surface area contributed by atoms with E-state index in [1.54, 1.807) is 6.08 Å². The Morgan fingerprint density at radius 1 is 0.826 bits per heavy atom. The molecular formula is C29H55N7O8S2. The smallest absolute Gasteiger partial charge is 0.317 e. The van der Waals surface area contributed by atoms with Crippen molar-refractivity contribution in [3.05, 3.63) is 48.3 Å². The van der Waals surface area contributed by atoms with Crippen molar-refractivity contribution in [3.8, 4) is 0 Å². The number of aromatic amines is 3. The van der Waals surface area contributed by atoms with Gasteiger partial charge in [0.05, 0.1) is 16.7 Å². The highest BCUT2D eigenvalue weighted by molar-refractivity contribution is 8.18. The van der Waals surface area contributed by atoms with Gasteiger partial charge in [0.2, 0.25) is 5.91 Å². The minimum atomic E-state index is -0.698. The molecule has 4 rings (SSSR count). The maximum Gasteiger partial charge on any atom is 0.440 e. The van der Waals surface area contributed by atoms with Gasteiger partial charge in [-0.25, -0.2) is 24.5 Å². The third-order valence-electron chi connectivity index (χ3n) is 4.81. The molecule has 46 heavy (non-hydrogen) atoms. The number of carbonyl (C=O) groups excluding carboxylic acids is 4. The van der Waals surface area contributed by atoms with E-state index in [2.05, 4.69) is 30.3 Å². The quantitative estimate of drug-likeness (QED) is 0.240. The number of aromatic nitrogens is 5. The highest BCUT2D eigenvalue weighted by Crippen LogP contribution is 2.25. The summed E-state index contributed by atoms with van der Waals surface area (Å²) in [5.41, 5.74) is -0.720. The third-order valence-corrected chi connectivity index (χ3v) is 6.64. The number of allylic oxidation sites excluding steroid dienone is 1. The van der Waals surface area contributed by atoms with E-state index >= 15 is 0 Å². The van der Waals surface area contributed by atoms with Crippen LogP contribution >= 0.6 is 23.5 Å². The Balaban J connectivity index is -0.000000249. The summed E-state index contributed by atoms with van der Waals surface area (Å²) in [6, 6.07) is 0. The number of imide groups is 2. The summed E-state index contributed by atoms with van der Waals surface area (Å²) < 4.78 is 5.54. The number of nitrogens with one attached hydrogen (secondary N) is 5. The zero-order chi connectivity index (χ0) is 32.1. The minimum absolute atomic E-state index is 0. The van der Waals surface area contributed by atoms with Crippen LogP contribution in [0.1, 0.15) is 103 Å². The van der Waals surface area contributed by atoms with Gasteiger partial charge >= 0.3 is 17.1 Å². The van der Waals surface area contributed by atoms with Gasteiger partial charge in [-0.3, -0.25) is 34.8 Å². The lowest BCUT2D eigenvalue weighted by Crippen LogP contribution is -2.24. The van der Waals surface area contributed by atoms with E-state index in [1.807, 2.05) is 60.4 Å². The Morgan fingerprint density at radius 3 is 1.72 bits per heavy atom. The zero-order valence-corrected chi connectivity index (χ0v) is 26.5. The largest absolute Gasteiger partial charge is 0.440 e. The first-order valence-corrected chi connectivity index (χ1v) is 14.9. The Kier molecular flexibility index (Phi) is 25.4. The standard InChI is InChI=1S/C7H11NO2S.C7H9NO2S.C6H10N2O3.C5H9N3O.4CH4/c2*1-4(2)3-5-6(9)8-7(10)11-5;1-4(2)3-8-5(9)7-6(10)11-8;1-3(2)4-6-5(9)8-7-4;;;;/h4-5H,3H2,1-2H3,(H,8,9,10);3-4H,1-2H3,(H,8,9,10);4H,3H2,1-2H3,(H,7,9,10);3H,1-2H3,(H2,6,7,8,9);4*1H4. The summed E-state index contributed by atoms with van der Waals surface area (Å²) in [5.74, 6) is 0.937. The molecule has 0 saturated carbocycles. The molecule has 0 aliphatic carbocycles. The van der Waals surface area contributed by atoms with Crippen LogP contribution in [0.4, 0.5) is 9.59 Å². The van der Waals surface area contributed by atoms with Crippen LogP contribution in [-0.4, -0.2) is 52.4 Å². The fraction of sp³-hybridized carbons (Fsp3) is 0.655. The van der Waals surface area contributed by atoms with Crippen molar-refractivity contribution in [1.29, 1.82) is 0 Å². The van der Waals surface area contributed by atoms with Gasteiger partial charge in [0.1, 0.15) is 5.82 Å². The molecule has 0 spiro atoms. The molecule has 2 aliphatic heterocycles. The van der Waals surface area contributed by atoms with Gasteiger partial charge in [-0.1, -0.05) is 103 Å². The van der Waals surface area contributed by atoms with Crippen LogP contribution in [0.25, 0.3) is 0 Å². The lowest BCUT2D eigenvalue weighted by Gasteiger charge is -2.06. The van der Waals surface area contributed by atoms with Crippen LogP contribution < -0.4 is 27.8 Å². The summed E-state index contributed by atoms with van der Waals surface area (Å²) in [7, 11) is 0. The second-order valence-corrected chi connectivity index (χ2v) is 12.8. The van der Waals surface area contributed by atoms with Crippen LogP contribution in [0.3, 0.4) is 0 Å². The summed E-state index contributed by atoms with van der Waals surface area (Å²) in [5, 5.41) is 9.82. The number of H-pyrrole nitrogens is 3. The van der Waals surface area contributed by atoms with E-state index < -0.39 is 11.4 Å². The van der Waals surface area contributed by atoms with E-state index in [0.717, 1.165) is 34.7 Å². The van der Waals surface area contributed by atoms with Crippen LogP contribution in [0.5, 0.6) is 0 Å². The van der Waals surface area contributed by atoms with Gasteiger partial charge in [0, 0.05) is 5.92 Å². The van der Waals surface area contributed by atoms with Crippen LogP contribution in [0.15, 0.2) is 29.9 Å². The number of amides is 4. The molecule has 1 atom stereocenters. The molecule has 15 nitrogen and oxygen atoms in total. The number of nitrogens with zero attached hydrogens (tertiary/aromatic N) is 2. The van der Waals surface area contributed by atoms with E-state index in [-0.39, 0.29) is 74.8 Å². The fourth-order valence-electron chi connectivity index (χ4n) is 3.04. The number of hydrogen-bond donors (Lipinski definition) is 5. The molecule has 1 unspecified atom stereocenters. The molecule has 2 aromatic heterocycles. The molecule has 17 heteroatoms. The monoisotopic (exact) mass is 693 g/mol. The molecule has 2 fully saturated rings. The highest BCUT2D eigenvalue weighted by atomic mass is 32.2. The molecular weight excluding hydrogens is 638 g/mol. The fourth-order valence-corrected chi connectivity index (χ4v) is 4.93. The average molecular weight is 694 g/mol. The SMILES string of the molecule is C.C.C.C.CC(C)C=C1SC(=O)NC1=O.CC(C)CC1SC(=O)NC1=O.CC(C)Cn1oc(=O)[nH]c1=O.CC(C)c1n[nH]c(=O)[nH]1. The molecule has 2 saturated heterocycles. The Labute approximate surface area is 279 Å². The van der Waals surface area contributed by atoms with E-state index in [9.17, 15) is 33.6 Å². The van der Waals surface area contributed by atoms with Gasteiger partial charge in [-0.15, -0.1) is 0 Å². The number of carbonyl (C=O) groups is 4. The van der Waals surface area contributed by atoms with Crippen molar-refractivity contribution in [2.45, 2.75) is 109 Å². The Bertz CT molecular complexity index is 1410. The predicted molar refractivity (Wildman–Crippen MR) is 187 cm³/mol. The second-order valence-electron chi connectivity index (χ2n) is 10.6. The van der Waals surface area contributed by atoms with E-state index in [1.165, 1.54) is 0 Å². The molecule has 0 radical (unpaired) electrons. The predicted octanol–water partition coefficient (Wildman–Crippen LogP) is 5.44. The van der Waals surface area contributed by atoms with E-state index in [4.69, 9.17) is 0 Å². The molecule has 4 amide bonds. The molecule has 4 heterocycles. The minimum Gasteiger partial charge on any atom is -0.317 e. The lowest BCUT2D eigenvalue weighted by atomic mass is 10.1. The normalized spacial score (nSPS) is 15.7. The first kappa shape index (κ1) is 49.3. The van der Waals surface area contributed by atoms with Crippen LogP contribution in [-0.2, 0) is 16.1 Å². The Morgan fingerprint density at radius 2 is 1.41 bits per heavy atom. The van der Waals surface area contributed by atoms with Gasteiger partial charge in [-0.05, 0) is 35.9 Å². The molecule has 5 N–H and O–H groups in total. The van der Waals surface area contributed by atoms with E-state index in [0.29, 0.717) is 29.1 Å². The van der Waals surface area contributed by atoms with Crippen molar-refractivity contribution in [3.63, 3.8) is 0 Å². The topological polar surface area (TPSA) is 222 Å². The molecule has 0 bridgehead atoms. The number of hydrogen-bond acceptors (Lipinski definition) is 11. The van der Waals surface area contributed by atoms with Crippen LogP contribution in [0, 0.1) is 17.8 Å². The van der Waals surface area contributed by atoms with Crippen molar-refractivity contribution in [2.75, 3.05) is 0 Å². The highest BCUT2D eigenvalue weighted by Gasteiger charge is 2.31. The summed E-state index contributed by atoms with van der Waals surface area (Å²) in [6.45, 7) is 16.2. The third kappa shape index (κ3) is 19.0. The molecule has 0 aromatic carbocycles. The summed E-state index contributed by atoms with van der Waals surface area (Å²) in [4.78, 5) is 79.9. The maximum absolute atomic E-state index is 11.0. The van der Waals surface area contributed by atoms with Gasteiger partial charge in [-0.2, -0.15) is 9.84 Å². The molecule has 2 aromatic rings. The van der Waals surface area contributed by atoms with Crippen molar-refractivity contribution < 1.29 is 23.7 Å². The molecule has 2 aliphatic rings. The number of thioether (sulfide) groups is 2. The first-order valence-electron chi connectivity index (χ1n) is 13.2. The summed E-state index contributed by atoms with van der Waals surface area (Å²) >= 11 is 2.07. The lowest BCUT2D eigenvalue weighted by molar-refractivity contribution is -0.119.